The molecule has 0 aromatic heterocycles. The minimum absolute atomic E-state index is 0.633. The zero-order valence-corrected chi connectivity index (χ0v) is 14.1. The molecule has 0 rings (SSSR count). The number of thiocarbonyl (C=S) groups is 1. The summed E-state index contributed by atoms with van der Waals surface area (Å²) in [7, 11) is 0. The number of thioether (sulfide) groups is 2. The Morgan fingerprint density at radius 3 is 2.00 bits per heavy atom. The zero-order chi connectivity index (χ0) is 12.9. The smallest absolute Gasteiger partial charge is 0.104 e. The van der Waals surface area contributed by atoms with Crippen LogP contribution in [0.4, 0.5) is 0 Å². The summed E-state index contributed by atoms with van der Waals surface area (Å²) in [5.74, 6) is 1.22. The van der Waals surface area contributed by atoms with E-state index >= 15 is 0 Å². The van der Waals surface area contributed by atoms with Gasteiger partial charge >= 0.3 is 0 Å². The van der Waals surface area contributed by atoms with Crippen LogP contribution >= 0.6 is 35.7 Å². The van der Waals surface area contributed by atoms with Gasteiger partial charge in [-0.25, -0.2) is 0 Å². The Balaban J connectivity index is 3.10. The first-order valence-electron chi connectivity index (χ1n) is 7.00. The van der Waals surface area contributed by atoms with E-state index in [9.17, 15) is 0 Å². The van der Waals surface area contributed by atoms with Gasteiger partial charge in [-0.15, -0.1) is 23.5 Å². The Kier molecular flexibility index (Phi) is 13.8. The topological polar surface area (TPSA) is 0 Å². The van der Waals surface area contributed by atoms with E-state index in [2.05, 4.69) is 20.8 Å². The third-order valence-corrected chi connectivity index (χ3v) is 5.23. The molecule has 0 saturated heterocycles. The van der Waals surface area contributed by atoms with Gasteiger partial charge in [0.2, 0.25) is 0 Å². The maximum absolute atomic E-state index is 5.30. The third-order valence-electron chi connectivity index (χ3n) is 2.55. The van der Waals surface area contributed by atoms with E-state index in [1.165, 1.54) is 57.1 Å². The van der Waals surface area contributed by atoms with Gasteiger partial charge in [0.05, 0.1) is 0 Å². The van der Waals surface area contributed by atoms with Crippen molar-refractivity contribution in [1.82, 2.24) is 0 Å². The number of rotatable bonds is 10. The predicted octanol–water partition coefficient (Wildman–Crippen LogP) is 6.29. The number of hydrogen-bond donors (Lipinski definition) is 0. The van der Waals surface area contributed by atoms with E-state index in [1.807, 2.05) is 23.5 Å². The first kappa shape index (κ1) is 17.8. The molecule has 0 amide bonds. The van der Waals surface area contributed by atoms with Crippen molar-refractivity contribution in [2.24, 2.45) is 0 Å². The molecule has 102 valence electrons. The highest BCUT2D eigenvalue weighted by Crippen LogP contribution is 2.22. The van der Waals surface area contributed by atoms with Crippen LogP contribution in [0.25, 0.3) is 0 Å². The van der Waals surface area contributed by atoms with Gasteiger partial charge in [-0.1, -0.05) is 77.9 Å². The van der Waals surface area contributed by atoms with Crippen LogP contribution in [0.2, 0.25) is 0 Å². The standard InChI is InChI=1S/C14H28S3/c1-4-5-6-7-8-9-10-11-12-16-14(15)17-13(2)3/h13H,4-12H2,1-3H3. The van der Waals surface area contributed by atoms with Crippen molar-refractivity contribution < 1.29 is 0 Å². The van der Waals surface area contributed by atoms with Gasteiger partial charge < -0.3 is 0 Å². The maximum Gasteiger partial charge on any atom is 0.104 e. The minimum Gasteiger partial charge on any atom is -0.108 e. The second kappa shape index (κ2) is 13.2. The molecule has 0 aliphatic rings. The molecule has 0 N–H and O–H groups in total. The van der Waals surface area contributed by atoms with Gasteiger partial charge in [-0.2, -0.15) is 0 Å². The molecule has 0 atom stereocenters. The maximum atomic E-state index is 5.30. The van der Waals surface area contributed by atoms with Gasteiger partial charge in [0.25, 0.3) is 0 Å². The van der Waals surface area contributed by atoms with Crippen LogP contribution in [-0.2, 0) is 0 Å². The fourth-order valence-electron chi connectivity index (χ4n) is 1.62. The first-order valence-corrected chi connectivity index (χ1v) is 9.27. The zero-order valence-electron chi connectivity index (χ0n) is 11.7. The lowest BCUT2D eigenvalue weighted by Crippen LogP contribution is -1.93. The Hall–Kier alpha value is 0.790. The average molecular weight is 293 g/mol. The molecule has 0 aliphatic carbocycles. The molecule has 3 heteroatoms. The van der Waals surface area contributed by atoms with Crippen LogP contribution in [0.1, 0.15) is 72.1 Å². The van der Waals surface area contributed by atoms with E-state index in [1.54, 1.807) is 0 Å². The summed E-state index contributed by atoms with van der Waals surface area (Å²) in [6.45, 7) is 6.68. The van der Waals surface area contributed by atoms with Gasteiger partial charge in [-0.05, 0) is 12.2 Å². The fraction of sp³-hybridized carbons (Fsp3) is 0.929. The summed E-state index contributed by atoms with van der Waals surface area (Å²) in [4.78, 5) is 0. The monoisotopic (exact) mass is 292 g/mol. The summed E-state index contributed by atoms with van der Waals surface area (Å²) in [5, 5.41) is 0.633. The fourth-order valence-corrected chi connectivity index (χ4v) is 4.44. The quantitative estimate of drug-likeness (QED) is 0.343. The summed E-state index contributed by atoms with van der Waals surface area (Å²) >= 11 is 9.00. The molecule has 0 aromatic carbocycles. The van der Waals surface area contributed by atoms with Crippen molar-refractivity contribution in [3.8, 4) is 0 Å². The highest BCUT2D eigenvalue weighted by molar-refractivity contribution is 8.47. The number of unbranched alkanes of at least 4 members (excludes halogenated alkanes) is 7. The van der Waals surface area contributed by atoms with Crippen LogP contribution in [0, 0.1) is 0 Å². The average Bonchev–Trinajstić information content (AvgIpc) is 2.26. The minimum atomic E-state index is 0.633. The van der Waals surface area contributed by atoms with E-state index in [0.717, 1.165) is 3.53 Å². The summed E-state index contributed by atoms with van der Waals surface area (Å²) in [6, 6.07) is 0. The second-order valence-electron chi connectivity index (χ2n) is 4.74. The Bertz CT molecular complexity index is 178. The van der Waals surface area contributed by atoms with Crippen LogP contribution in [0.5, 0.6) is 0 Å². The molecule has 17 heavy (non-hydrogen) atoms. The molecular weight excluding hydrogens is 264 g/mol. The Labute approximate surface area is 122 Å². The highest BCUT2D eigenvalue weighted by atomic mass is 32.2. The largest absolute Gasteiger partial charge is 0.108 e. The molecule has 0 spiro atoms. The highest BCUT2D eigenvalue weighted by Gasteiger charge is 2.01. The molecule has 0 aliphatic heterocycles. The molecular formula is C14H28S3. The number of hydrogen-bond acceptors (Lipinski definition) is 3. The molecule has 0 nitrogen and oxygen atoms in total. The summed E-state index contributed by atoms with van der Waals surface area (Å²) in [5.41, 5.74) is 0. The second-order valence-corrected chi connectivity index (χ2v) is 8.62. The van der Waals surface area contributed by atoms with Crippen molar-refractivity contribution in [3.63, 3.8) is 0 Å². The molecule has 0 bridgehead atoms. The first-order chi connectivity index (χ1) is 8.16. The van der Waals surface area contributed by atoms with Crippen molar-refractivity contribution in [2.75, 3.05) is 5.75 Å². The van der Waals surface area contributed by atoms with Gasteiger partial charge in [0, 0.05) is 5.25 Å². The normalized spacial score (nSPS) is 11.1. The van der Waals surface area contributed by atoms with E-state index in [0.29, 0.717) is 5.25 Å². The lowest BCUT2D eigenvalue weighted by molar-refractivity contribution is 0.586. The van der Waals surface area contributed by atoms with E-state index in [4.69, 9.17) is 12.2 Å². The van der Waals surface area contributed by atoms with Crippen molar-refractivity contribution >= 4 is 39.3 Å². The van der Waals surface area contributed by atoms with Crippen molar-refractivity contribution in [1.29, 1.82) is 0 Å². The van der Waals surface area contributed by atoms with Crippen molar-refractivity contribution in [2.45, 2.75) is 77.4 Å². The molecule has 0 unspecified atom stereocenters. The third kappa shape index (κ3) is 14.7. The van der Waals surface area contributed by atoms with Crippen molar-refractivity contribution in [3.05, 3.63) is 0 Å². The Morgan fingerprint density at radius 2 is 1.47 bits per heavy atom. The lowest BCUT2D eigenvalue weighted by atomic mass is 10.1. The molecule has 0 radical (unpaired) electrons. The SMILES string of the molecule is CCCCCCCCCCSC(=S)SC(C)C. The predicted molar refractivity (Wildman–Crippen MR) is 90.4 cm³/mol. The molecule has 0 aromatic rings. The van der Waals surface area contributed by atoms with Gasteiger partial charge in [-0.3, -0.25) is 0 Å². The molecule has 0 heterocycles. The lowest BCUT2D eigenvalue weighted by Gasteiger charge is -2.05. The molecule has 0 saturated carbocycles. The van der Waals surface area contributed by atoms with Gasteiger partial charge in [0.1, 0.15) is 3.53 Å². The van der Waals surface area contributed by atoms with Gasteiger partial charge in [0.15, 0.2) is 0 Å². The van der Waals surface area contributed by atoms with Crippen LogP contribution in [0.3, 0.4) is 0 Å². The van der Waals surface area contributed by atoms with Crippen LogP contribution in [0.15, 0.2) is 0 Å². The molecule has 0 fully saturated rings. The van der Waals surface area contributed by atoms with E-state index < -0.39 is 0 Å². The van der Waals surface area contributed by atoms with E-state index in [-0.39, 0.29) is 0 Å². The van der Waals surface area contributed by atoms with Crippen LogP contribution < -0.4 is 0 Å². The van der Waals surface area contributed by atoms with Crippen LogP contribution in [-0.4, -0.2) is 14.5 Å². The Morgan fingerprint density at radius 1 is 0.941 bits per heavy atom. The summed E-state index contributed by atoms with van der Waals surface area (Å²) in [6.07, 6.45) is 11.2. The summed E-state index contributed by atoms with van der Waals surface area (Å²) < 4.78 is 1.13.